The number of rotatable bonds is 2. The first-order valence-electron chi connectivity index (χ1n) is 3.94. The fraction of sp³-hybridized carbons (Fsp3) is 0.857. The zero-order valence-electron chi connectivity index (χ0n) is 6.82. The van der Waals surface area contributed by atoms with E-state index in [4.69, 9.17) is 10.9 Å². The van der Waals surface area contributed by atoms with E-state index in [0.717, 1.165) is 6.54 Å². The molecule has 4 heteroatoms. The Balaban J connectivity index is 2.36. The quantitative estimate of drug-likeness (QED) is 0.261. The van der Waals surface area contributed by atoms with Gasteiger partial charge in [0.1, 0.15) is 0 Å². The molecule has 0 aromatic carbocycles. The lowest BCUT2D eigenvalue weighted by Gasteiger charge is -2.19. The van der Waals surface area contributed by atoms with Crippen LogP contribution in [0.15, 0.2) is 5.16 Å². The van der Waals surface area contributed by atoms with Gasteiger partial charge in [0.15, 0.2) is 5.84 Å². The molecule has 0 bridgehead atoms. The van der Waals surface area contributed by atoms with Gasteiger partial charge in [-0.25, -0.2) is 0 Å². The smallest absolute Gasteiger partial charge is 0.153 e. The van der Waals surface area contributed by atoms with Crippen LogP contribution < -0.4 is 5.73 Å². The minimum atomic E-state index is 0.304. The molecule has 0 aromatic heterocycles. The van der Waals surface area contributed by atoms with E-state index >= 15 is 0 Å². The number of nitrogens with zero attached hydrogens (tertiary/aromatic N) is 2. The van der Waals surface area contributed by atoms with Gasteiger partial charge in [-0.1, -0.05) is 5.16 Å². The molecule has 11 heavy (non-hydrogen) atoms. The minimum Gasteiger partial charge on any atom is -0.409 e. The fourth-order valence-electron chi connectivity index (χ4n) is 1.47. The van der Waals surface area contributed by atoms with Crippen molar-refractivity contribution in [2.24, 2.45) is 10.9 Å². The topological polar surface area (TPSA) is 61.8 Å². The molecule has 0 aromatic rings. The van der Waals surface area contributed by atoms with E-state index in [1.165, 1.54) is 12.8 Å². The highest BCUT2D eigenvalue weighted by molar-refractivity contribution is 5.81. The zero-order chi connectivity index (χ0) is 8.27. The van der Waals surface area contributed by atoms with E-state index in [9.17, 15) is 0 Å². The molecule has 1 unspecified atom stereocenters. The molecule has 1 rings (SSSR count). The van der Waals surface area contributed by atoms with Gasteiger partial charge in [-0.2, -0.15) is 0 Å². The van der Waals surface area contributed by atoms with Crippen LogP contribution in [0, 0.1) is 0 Å². The van der Waals surface area contributed by atoms with Crippen molar-refractivity contribution in [3.63, 3.8) is 0 Å². The van der Waals surface area contributed by atoms with Crippen LogP contribution in [0.1, 0.15) is 19.8 Å². The lowest BCUT2D eigenvalue weighted by atomic mass is 10.2. The number of likely N-dealkylation sites (tertiary alicyclic amines) is 1. The summed E-state index contributed by atoms with van der Waals surface area (Å²) in [5.74, 6) is 0.304. The molecule has 0 spiro atoms. The molecule has 4 nitrogen and oxygen atoms in total. The second-order valence-corrected chi connectivity index (χ2v) is 3.05. The molecular weight excluding hydrogens is 142 g/mol. The number of nitrogens with two attached hydrogens (primary N) is 1. The van der Waals surface area contributed by atoms with E-state index in [1.807, 2.05) is 0 Å². The summed E-state index contributed by atoms with van der Waals surface area (Å²) in [7, 11) is 0. The van der Waals surface area contributed by atoms with Crippen LogP contribution >= 0.6 is 0 Å². The van der Waals surface area contributed by atoms with Gasteiger partial charge in [0.2, 0.25) is 0 Å². The van der Waals surface area contributed by atoms with Gasteiger partial charge >= 0.3 is 0 Å². The molecule has 3 N–H and O–H groups in total. The maximum absolute atomic E-state index is 8.32. The lowest BCUT2D eigenvalue weighted by molar-refractivity contribution is 0.288. The normalized spacial score (nSPS) is 27.7. The predicted molar refractivity (Wildman–Crippen MR) is 43.7 cm³/mol. The van der Waals surface area contributed by atoms with Crippen LogP contribution in [-0.4, -0.2) is 35.1 Å². The molecule has 1 atom stereocenters. The maximum atomic E-state index is 8.32. The molecule has 0 saturated carbocycles. The summed E-state index contributed by atoms with van der Waals surface area (Å²) in [6, 6.07) is 0.579. The Morgan fingerprint density at radius 3 is 3.00 bits per heavy atom. The highest BCUT2D eigenvalue weighted by atomic mass is 16.4. The highest BCUT2D eigenvalue weighted by Gasteiger charge is 2.20. The maximum Gasteiger partial charge on any atom is 0.153 e. The SMILES string of the molecule is CC1CCCN1C/C(N)=N/O. The van der Waals surface area contributed by atoms with Gasteiger partial charge in [0.25, 0.3) is 0 Å². The van der Waals surface area contributed by atoms with Gasteiger partial charge in [-0.15, -0.1) is 0 Å². The van der Waals surface area contributed by atoms with Crippen molar-refractivity contribution >= 4 is 5.84 Å². The first kappa shape index (κ1) is 8.33. The summed E-state index contributed by atoms with van der Waals surface area (Å²) in [4.78, 5) is 2.22. The first-order valence-corrected chi connectivity index (χ1v) is 3.94. The van der Waals surface area contributed by atoms with Crippen molar-refractivity contribution < 1.29 is 5.21 Å². The van der Waals surface area contributed by atoms with Crippen LogP contribution in [0.4, 0.5) is 0 Å². The van der Waals surface area contributed by atoms with Gasteiger partial charge in [0.05, 0.1) is 6.54 Å². The summed E-state index contributed by atoms with van der Waals surface area (Å²) < 4.78 is 0. The minimum absolute atomic E-state index is 0.304. The molecule has 1 aliphatic rings. The van der Waals surface area contributed by atoms with Gasteiger partial charge in [-0.05, 0) is 26.3 Å². The third kappa shape index (κ3) is 2.08. The molecule has 0 aliphatic carbocycles. The Bertz CT molecular complexity index is 158. The summed E-state index contributed by atoms with van der Waals surface area (Å²) in [6.07, 6.45) is 2.44. The average Bonchev–Trinajstić information content (AvgIpc) is 2.37. The standard InChI is InChI=1S/C7H15N3O/c1-6-3-2-4-10(6)5-7(8)9-11/h6,11H,2-5H2,1H3,(H2,8,9). The van der Waals surface area contributed by atoms with Crippen molar-refractivity contribution in [1.82, 2.24) is 4.90 Å². The van der Waals surface area contributed by atoms with Crippen molar-refractivity contribution in [2.45, 2.75) is 25.8 Å². The molecule has 1 heterocycles. The van der Waals surface area contributed by atoms with Gasteiger partial charge < -0.3 is 10.9 Å². The van der Waals surface area contributed by atoms with Crippen LogP contribution in [0.3, 0.4) is 0 Å². The zero-order valence-corrected chi connectivity index (χ0v) is 6.82. The molecule has 0 amide bonds. The van der Waals surface area contributed by atoms with Crippen LogP contribution in [0.2, 0.25) is 0 Å². The first-order chi connectivity index (χ1) is 5.24. The molecule has 1 fully saturated rings. The third-order valence-electron chi connectivity index (χ3n) is 2.18. The number of hydrogen-bond acceptors (Lipinski definition) is 3. The lowest BCUT2D eigenvalue weighted by Crippen LogP contribution is -2.35. The number of hydrogen-bond donors (Lipinski definition) is 2. The molecule has 1 aliphatic heterocycles. The monoisotopic (exact) mass is 157 g/mol. The molecule has 0 radical (unpaired) electrons. The Morgan fingerprint density at radius 2 is 2.55 bits per heavy atom. The molecule has 1 saturated heterocycles. The fourth-order valence-corrected chi connectivity index (χ4v) is 1.47. The van der Waals surface area contributed by atoms with Crippen LogP contribution in [0.5, 0.6) is 0 Å². The summed E-state index contributed by atoms with van der Waals surface area (Å²) in [5.41, 5.74) is 5.37. The van der Waals surface area contributed by atoms with Crippen LogP contribution in [-0.2, 0) is 0 Å². The Labute approximate surface area is 66.7 Å². The third-order valence-corrected chi connectivity index (χ3v) is 2.18. The Kier molecular flexibility index (Phi) is 2.70. The van der Waals surface area contributed by atoms with Crippen molar-refractivity contribution in [1.29, 1.82) is 0 Å². The Morgan fingerprint density at radius 1 is 1.82 bits per heavy atom. The average molecular weight is 157 g/mol. The van der Waals surface area contributed by atoms with Crippen LogP contribution in [0.25, 0.3) is 0 Å². The van der Waals surface area contributed by atoms with E-state index < -0.39 is 0 Å². The largest absolute Gasteiger partial charge is 0.409 e. The second kappa shape index (κ2) is 3.57. The van der Waals surface area contributed by atoms with Gasteiger partial charge in [0, 0.05) is 6.04 Å². The van der Waals surface area contributed by atoms with E-state index in [0.29, 0.717) is 18.4 Å². The predicted octanol–water partition coefficient (Wildman–Crippen LogP) is 0.217. The summed E-state index contributed by atoms with van der Waals surface area (Å²) in [6.45, 7) is 3.83. The molecular formula is C7H15N3O. The highest BCUT2D eigenvalue weighted by Crippen LogP contribution is 2.14. The summed E-state index contributed by atoms with van der Waals surface area (Å²) >= 11 is 0. The van der Waals surface area contributed by atoms with Crippen molar-refractivity contribution in [3.05, 3.63) is 0 Å². The summed E-state index contributed by atoms with van der Waals surface area (Å²) in [5, 5.41) is 11.3. The Hall–Kier alpha value is -0.770. The molecule has 64 valence electrons. The number of oxime groups is 1. The van der Waals surface area contributed by atoms with Crippen molar-refractivity contribution in [3.8, 4) is 0 Å². The van der Waals surface area contributed by atoms with E-state index in [-0.39, 0.29) is 0 Å². The van der Waals surface area contributed by atoms with Crippen molar-refractivity contribution in [2.75, 3.05) is 13.1 Å². The van der Waals surface area contributed by atoms with E-state index in [1.54, 1.807) is 0 Å². The number of amidine groups is 1. The second-order valence-electron chi connectivity index (χ2n) is 3.05. The van der Waals surface area contributed by atoms with Gasteiger partial charge in [-0.3, -0.25) is 4.90 Å². The van der Waals surface area contributed by atoms with E-state index in [2.05, 4.69) is 17.0 Å².